The summed E-state index contributed by atoms with van der Waals surface area (Å²) in [5, 5.41) is 0. The number of nitrogens with one attached hydrogen (secondary N) is 2. The predicted octanol–water partition coefficient (Wildman–Crippen LogP) is 5.18. The number of hydrogen-bond acceptors (Lipinski definition) is 4. The van der Waals surface area contributed by atoms with Crippen LogP contribution in [0, 0.1) is 0 Å². The zero-order valence-corrected chi connectivity index (χ0v) is 18.1. The van der Waals surface area contributed by atoms with E-state index in [0.717, 1.165) is 58.1 Å². The molecule has 8 bridgehead atoms. The summed E-state index contributed by atoms with van der Waals surface area (Å²) in [4.78, 5) is 21.2. The molecule has 0 atom stereocenters. The summed E-state index contributed by atoms with van der Waals surface area (Å²) in [7, 11) is 2.11. The van der Waals surface area contributed by atoms with Crippen LogP contribution < -0.4 is 0 Å². The van der Waals surface area contributed by atoms with Gasteiger partial charge in [0, 0.05) is 41.9 Å². The minimum atomic E-state index is 0.894. The first-order chi connectivity index (χ1) is 15.6. The Morgan fingerprint density at radius 1 is 0.781 bits per heavy atom. The van der Waals surface area contributed by atoms with Crippen molar-refractivity contribution < 1.29 is 0 Å². The van der Waals surface area contributed by atoms with E-state index in [1.165, 1.54) is 11.3 Å². The fraction of sp³-hybridized carbons (Fsp3) is 0.154. The van der Waals surface area contributed by atoms with Gasteiger partial charge in [-0.15, -0.1) is 0 Å². The lowest BCUT2D eigenvalue weighted by Crippen LogP contribution is -2.23. The molecule has 0 saturated heterocycles. The molecule has 0 saturated carbocycles. The smallest absolute Gasteiger partial charge is 0.0896 e. The topological polar surface area (TPSA) is 63.8 Å². The van der Waals surface area contributed by atoms with E-state index in [2.05, 4.69) is 101 Å². The summed E-state index contributed by atoms with van der Waals surface area (Å²) in [5.41, 5.74) is 10.2. The van der Waals surface area contributed by atoms with Gasteiger partial charge in [-0.05, 0) is 73.7 Å². The van der Waals surface area contributed by atoms with Crippen LogP contribution >= 0.6 is 0 Å². The monoisotopic (exact) mass is 420 g/mol. The van der Waals surface area contributed by atoms with Crippen LogP contribution in [0.1, 0.15) is 35.3 Å². The lowest BCUT2D eigenvalue weighted by molar-refractivity contribution is 0.317. The number of aromatic amines is 2. The van der Waals surface area contributed by atoms with Crippen molar-refractivity contribution in [2.24, 2.45) is 0 Å². The first kappa shape index (κ1) is 18.7. The Balaban J connectivity index is 1.64. The van der Waals surface area contributed by atoms with Crippen LogP contribution in [0.3, 0.4) is 0 Å². The van der Waals surface area contributed by atoms with E-state index in [9.17, 15) is 0 Å². The van der Waals surface area contributed by atoms with Gasteiger partial charge in [-0.3, -0.25) is 0 Å². The third kappa shape index (κ3) is 3.39. The van der Waals surface area contributed by atoms with Crippen molar-refractivity contribution in [2.75, 3.05) is 20.3 Å². The number of fused-ring (bicyclic) bond motifs is 8. The zero-order valence-electron chi connectivity index (χ0n) is 18.1. The van der Waals surface area contributed by atoms with Crippen LogP contribution in [0.5, 0.6) is 0 Å². The second kappa shape index (κ2) is 7.27. The Morgan fingerprint density at radius 2 is 1.38 bits per heavy atom. The van der Waals surface area contributed by atoms with Crippen LogP contribution in [-0.2, 0) is 0 Å². The largest absolute Gasteiger partial charge is 0.361 e. The lowest BCUT2D eigenvalue weighted by atomic mass is 10.2. The highest BCUT2D eigenvalue weighted by molar-refractivity contribution is 5.85. The van der Waals surface area contributed by atoms with Gasteiger partial charge in [0.25, 0.3) is 0 Å². The van der Waals surface area contributed by atoms with E-state index in [-0.39, 0.29) is 0 Å². The summed E-state index contributed by atoms with van der Waals surface area (Å²) >= 11 is 0. The highest BCUT2D eigenvalue weighted by Crippen LogP contribution is 2.30. The number of nitrogens with zero attached hydrogens (tertiary/aromatic N) is 4. The summed E-state index contributed by atoms with van der Waals surface area (Å²) in [5.74, 6) is 0. The van der Waals surface area contributed by atoms with Crippen molar-refractivity contribution in [3.8, 4) is 0 Å². The molecule has 0 aliphatic carbocycles. The second-order valence-corrected chi connectivity index (χ2v) is 8.36. The molecule has 3 aliphatic rings. The number of aromatic nitrogens is 4. The van der Waals surface area contributed by atoms with Crippen molar-refractivity contribution in [3.63, 3.8) is 0 Å². The van der Waals surface area contributed by atoms with Crippen LogP contribution in [0.2, 0.25) is 0 Å². The van der Waals surface area contributed by atoms with Crippen LogP contribution in [0.4, 0.5) is 0 Å². The molecule has 6 heterocycles. The highest BCUT2D eigenvalue weighted by atomic mass is 15.3. The van der Waals surface area contributed by atoms with Gasteiger partial charge < -0.3 is 19.8 Å². The van der Waals surface area contributed by atoms with Crippen LogP contribution in [-0.4, -0.2) is 50.0 Å². The quantitative estimate of drug-likeness (QED) is 0.413. The molecule has 0 radical (unpaired) electrons. The minimum Gasteiger partial charge on any atom is -0.361 e. The van der Waals surface area contributed by atoms with Gasteiger partial charge in [-0.2, -0.15) is 0 Å². The molecule has 158 valence electrons. The third-order valence-corrected chi connectivity index (χ3v) is 5.90. The van der Waals surface area contributed by atoms with Crippen molar-refractivity contribution in [2.45, 2.75) is 6.92 Å². The van der Waals surface area contributed by atoms with E-state index in [4.69, 9.17) is 9.97 Å². The minimum absolute atomic E-state index is 0.894. The average molecular weight is 421 g/mol. The lowest BCUT2D eigenvalue weighted by Gasteiger charge is -2.20. The predicted molar refractivity (Wildman–Crippen MR) is 132 cm³/mol. The summed E-state index contributed by atoms with van der Waals surface area (Å²) in [6.07, 6.45) is 10.4. The Bertz CT molecular complexity index is 1470. The molecule has 2 N–H and O–H groups in total. The molecule has 0 aromatic carbocycles. The normalized spacial score (nSPS) is 15.0. The molecule has 3 aromatic rings. The Labute approximate surface area is 186 Å². The SMILES string of the molecule is CCN1CN(C)C=C1c1cc2cc3nc(cc4ccc(cc5nc(cc1[nH]2)C=C5)[nH]4)C=C3. The zero-order chi connectivity index (χ0) is 21.7. The standard InChI is InChI=1S/C26H24N6/c1-3-32-16-31(2)15-26(32)24-13-23-12-21-7-6-19(28-21)10-17-4-5-18(27-17)11-20-8-9-22(29-20)14-25(24)30-23/h4-15,27,30H,3,16H2,1-2H3. The van der Waals surface area contributed by atoms with Gasteiger partial charge in [0.1, 0.15) is 0 Å². The molecule has 6 nitrogen and oxygen atoms in total. The van der Waals surface area contributed by atoms with E-state index >= 15 is 0 Å². The van der Waals surface area contributed by atoms with Crippen LogP contribution in [0.25, 0.3) is 52.1 Å². The first-order valence-electron chi connectivity index (χ1n) is 10.9. The van der Waals surface area contributed by atoms with Gasteiger partial charge in [-0.1, -0.05) is 0 Å². The summed E-state index contributed by atoms with van der Waals surface area (Å²) < 4.78 is 0. The molecule has 0 amide bonds. The summed E-state index contributed by atoms with van der Waals surface area (Å²) in [6, 6.07) is 14.7. The Morgan fingerprint density at radius 3 is 2.00 bits per heavy atom. The van der Waals surface area contributed by atoms with Crippen molar-refractivity contribution >= 4 is 52.1 Å². The second-order valence-electron chi connectivity index (χ2n) is 8.36. The molecular weight excluding hydrogens is 396 g/mol. The molecule has 3 aromatic heterocycles. The van der Waals surface area contributed by atoms with Crippen LogP contribution in [0.15, 0.2) is 48.7 Å². The van der Waals surface area contributed by atoms with Crippen molar-refractivity contribution in [3.05, 3.63) is 77.0 Å². The molecule has 32 heavy (non-hydrogen) atoms. The number of hydrogen-bond donors (Lipinski definition) is 2. The fourth-order valence-electron chi connectivity index (χ4n) is 4.42. The Kier molecular flexibility index (Phi) is 4.24. The van der Waals surface area contributed by atoms with Gasteiger partial charge in [0.05, 0.1) is 40.7 Å². The third-order valence-electron chi connectivity index (χ3n) is 5.90. The molecule has 0 unspecified atom stereocenters. The molecule has 3 aliphatic heterocycles. The van der Waals surface area contributed by atoms with E-state index in [0.29, 0.717) is 0 Å². The molecule has 6 heteroatoms. The highest BCUT2D eigenvalue weighted by Gasteiger charge is 2.20. The van der Waals surface area contributed by atoms with E-state index in [1.54, 1.807) is 0 Å². The van der Waals surface area contributed by atoms with Gasteiger partial charge in [-0.25, -0.2) is 9.97 Å². The number of H-pyrrole nitrogens is 2. The fourth-order valence-corrected chi connectivity index (χ4v) is 4.42. The Hall–Kier alpha value is -4.06. The molecule has 6 rings (SSSR count). The van der Waals surface area contributed by atoms with Gasteiger partial charge in [0.2, 0.25) is 0 Å². The van der Waals surface area contributed by atoms with E-state index < -0.39 is 0 Å². The maximum absolute atomic E-state index is 4.81. The molecular formula is C26H24N6. The van der Waals surface area contributed by atoms with Gasteiger partial charge >= 0.3 is 0 Å². The maximum Gasteiger partial charge on any atom is 0.0896 e. The first-order valence-corrected chi connectivity index (χ1v) is 10.9. The average Bonchev–Trinajstić information content (AvgIpc) is 3.57. The maximum atomic E-state index is 4.81. The molecule has 0 fully saturated rings. The molecule has 0 spiro atoms. The number of rotatable bonds is 2. The van der Waals surface area contributed by atoms with Gasteiger partial charge in [0.15, 0.2) is 0 Å². The van der Waals surface area contributed by atoms with Crippen molar-refractivity contribution in [1.82, 2.24) is 29.7 Å². The van der Waals surface area contributed by atoms with Crippen molar-refractivity contribution in [1.29, 1.82) is 0 Å². The summed E-state index contributed by atoms with van der Waals surface area (Å²) in [6.45, 7) is 4.04. The van der Waals surface area contributed by atoms with E-state index in [1.807, 2.05) is 6.08 Å².